The summed E-state index contributed by atoms with van der Waals surface area (Å²) < 4.78 is 1.52. The van der Waals surface area contributed by atoms with E-state index >= 15 is 0 Å². The Labute approximate surface area is 140 Å². The Bertz CT molecular complexity index is 450. The molecule has 0 spiro atoms. The van der Waals surface area contributed by atoms with Crippen LogP contribution in [0, 0.1) is 13.8 Å². The van der Waals surface area contributed by atoms with Crippen molar-refractivity contribution in [3.05, 3.63) is 56.5 Å². The van der Waals surface area contributed by atoms with Gasteiger partial charge in [0.1, 0.15) is 0 Å². The number of hydrogen-bond acceptors (Lipinski definition) is 0. The third-order valence-electron chi connectivity index (χ3n) is 3.13. The van der Waals surface area contributed by atoms with Crippen molar-refractivity contribution in [2.24, 2.45) is 0 Å². The molecule has 0 atom stereocenters. The molecule has 0 fully saturated rings. The molecule has 1 aromatic carbocycles. The number of benzene rings is 1. The van der Waals surface area contributed by atoms with Crippen LogP contribution < -0.4 is 37.2 Å². The summed E-state index contributed by atoms with van der Waals surface area (Å²) in [6.07, 6.45) is 6.77. The molecule has 1 aromatic rings. The molecule has 0 unspecified atom stereocenters. The summed E-state index contributed by atoms with van der Waals surface area (Å²) in [5.74, 6) is 0. The average Bonchev–Trinajstić information content (AvgIpc) is 2.60. The summed E-state index contributed by atoms with van der Waals surface area (Å²) in [5.41, 5.74) is 5.81. The molecule has 0 saturated heterocycles. The maximum atomic E-state index is 2.27. The standard InChI is InChI=1S/C14H15.3ClH.Ti/c1-11-6-5-9-14(12(11)2)10-13-7-3-4-8-13;;;;/h3,5-7,9H,4,10H2,1-2H3;3*1H;/q;;;;+3/p-3. The monoisotopic (exact) mass is 336 g/mol. The Morgan fingerprint density at radius 1 is 1.11 bits per heavy atom. The van der Waals surface area contributed by atoms with Crippen LogP contribution >= 0.6 is 0 Å². The van der Waals surface area contributed by atoms with Gasteiger partial charge in [0.2, 0.25) is 0 Å². The van der Waals surface area contributed by atoms with Gasteiger partial charge >= 0.3 is 104 Å². The summed E-state index contributed by atoms with van der Waals surface area (Å²) >= 11 is 2.24. The van der Waals surface area contributed by atoms with Gasteiger partial charge in [-0.15, -0.1) is 0 Å². The second kappa shape index (κ2) is 9.23. The van der Waals surface area contributed by atoms with Crippen LogP contribution in [0.15, 0.2) is 39.8 Å². The van der Waals surface area contributed by atoms with E-state index in [9.17, 15) is 0 Å². The third-order valence-corrected chi connectivity index (χ3v) is 3.95. The van der Waals surface area contributed by atoms with Crippen LogP contribution in [0.5, 0.6) is 0 Å². The molecule has 4 heteroatoms. The molecule has 0 nitrogen and oxygen atoms in total. The first kappa shape index (κ1) is 20.6. The molecule has 0 aromatic heterocycles. The molecule has 0 saturated carbocycles. The fraction of sp³-hybridized carbons (Fsp3) is 0.286. The van der Waals surface area contributed by atoms with Crippen molar-refractivity contribution >= 4 is 0 Å². The van der Waals surface area contributed by atoms with Crippen molar-refractivity contribution in [3.63, 3.8) is 0 Å². The van der Waals surface area contributed by atoms with Crippen molar-refractivity contribution in [2.75, 3.05) is 0 Å². The second-order valence-electron chi connectivity index (χ2n) is 4.15. The van der Waals surface area contributed by atoms with Crippen molar-refractivity contribution in [2.45, 2.75) is 26.7 Å². The quantitative estimate of drug-likeness (QED) is 0.473. The third kappa shape index (κ3) is 4.76. The molecule has 0 aliphatic heterocycles. The zero-order valence-electron chi connectivity index (χ0n) is 10.4. The van der Waals surface area contributed by atoms with Gasteiger partial charge in [-0.2, -0.15) is 0 Å². The van der Waals surface area contributed by atoms with E-state index in [4.69, 9.17) is 0 Å². The van der Waals surface area contributed by atoms with Gasteiger partial charge in [0.05, 0.1) is 0 Å². The van der Waals surface area contributed by atoms with Gasteiger partial charge in [0.25, 0.3) is 0 Å². The number of aryl methyl sites for hydroxylation is 1. The normalized spacial score (nSPS) is 12.7. The van der Waals surface area contributed by atoms with E-state index in [0.717, 1.165) is 12.8 Å². The van der Waals surface area contributed by atoms with E-state index < -0.39 is 0 Å². The minimum atomic E-state index is 0. The van der Waals surface area contributed by atoms with E-state index in [1.807, 2.05) is 0 Å². The molecule has 0 bridgehead atoms. The molecule has 0 amide bonds. The average molecular weight is 338 g/mol. The first-order valence-electron chi connectivity index (χ1n) is 5.33. The summed E-state index contributed by atoms with van der Waals surface area (Å²) in [7, 11) is 0. The van der Waals surface area contributed by atoms with E-state index in [1.165, 1.54) is 26.1 Å². The molecule has 1 aliphatic carbocycles. The van der Waals surface area contributed by atoms with Gasteiger partial charge in [-0.05, 0) is 0 Å². The molecule has 0 N–H and O–H groups in total. The van der Waals surface area contributed by atoms with Crippen molar-refractivity contribution < 1.29 is 57.7 Å². The molecule has 96 valence electrons. The number of halogens is 3. The molecule has 2 rings (SSSR count). The molecular weight excluding hydrogens is 322 g/mol. The van der Waals surface area contributed by atoms with E-state index in [1.54, 1.807) is 0 Å². The fourth-order valence-corrected chi connectivity index (χ4v) is 2.38. The van der Waals surface area contributed by atoms with E-state index in [2.05, 4.69) is 64.6 Å². The van der Waals surface area contributed by atoms with Crippen LogP contribution in [0.1, 0.15) is 23.1 Å². The minimum absolute atomic E-state index is 0. The Balaban J connectivity index is 0. The fourth-order valence-electron chi connectivity index (χ4n) is 1.92. The largest absolute Gasteiger partial charge is 1.00 e. The van der Waals surface area contributed by atoms with Crippen LogP contribution in [-0.4, -0.2) is 0 Å². The maximum Gasteiger partial charge on any atom is -1.00 e. The summed E-state index contributed by atoms with van der Waals surface area (Å²) in [6, 6.07) is 6.59. The van der Waals surface area contributed by atoms with Crippen LogP contribution in [-0.2, 0) is 26.9 Å². The van der Waals surface area contributed by atoms with Gasteiger partial charge in [-0.25, -0.2) is 0 Å². The maximum absolute atomic E-state index is 2.27. The van der Waals surface area contributed by atoms with E-state index in [0.29, 0.717) is 0 Å². The van der Waals surface area contributed by atoms with Gasteiger partial charge in [0, 0.05) is 0 Å². The number of rotatable bonds is 2. The molecular formula is C14H15Cl3Ti. The zero-order valence-corrected chi connectivity index (χ0v) is 14.3. The minimum Gasteiger partial charge on any atom is -1.00 e. The van der Waals surface area contributed by atoms with Gasteiger partial charge in [0.15, 0.2) is 0 Å². The molecule has 0 radical (unpaired) electrons. The Kier molecular flexibility index (Phi) is 10.6. The first-order chi connectivity index (χ1) is 7.18. The van der Waals surface area contributed by atoms with Crippen LogP contribution in [0.25, 0.3) is 0 Å². The second-order valence-corrected chi connectivity index (χ2v) is 5.09. The SMILES string of the molecule is Cc1cccc(CC2=[C]([Ti+3])CC=C2)c1C.[Cl-].[Cl-].[Cl-]. The van der Waals surface area contributed by atoms with Gasteiger partial charge in [-0.3, -0.25) is 0 Å². The summed E-state index contributed by atoms with van der Waals surface area (Å²) in [4.78, 5) is 0. The van der Waals surface area contributed by atoms with Crippen molar-refractivity contribution in [1.29, 1.82) is 0 Å². The Morgan fingerprint density at radius 3 is 2.33 bits per heavy atom. The Morgan fingerprint density at radius 2 is 1.78 bits per heavy atom. The van der Waals surface area contributed by atoms with Crippen LogP contribution in [0.3, 0.4) is 0 Å². The predicted octanol–water partition coefficient (Wildman–Crippen LogP) is -5.38. The predicted molar refractivity (Wildman–Crippen MR) is 60.4 cm³/mol. The first-order valence-corrected chi connectivity index (χ1v) is 6.12. The van der Waals surface area contributed by atoms with Gasteiger partial charge in [-0.1, -0.05) is 0 Å². The summed E-state index contributed by atoms with van der Waals surface area (Å²) in [5, 5.41) is 0. The van der Waals surface area contributed by atoms with E-state index in [-0.39, 0.29) is 37.2 Å². The van der Waals surface area contributed by atoms with Crippen molar-refractivity contribution in [1.82, 2.24) is 0 Å². The topological polar surface area (TPSA) is 0 Å². The molecule has 1 aliphatic rings. The molecule has 18 heavy (non-hydrogen) atoms. The van der Waals surface area contributed by atoms with Crippen molar-refractivity contribution in [3.8, 4) is 0 Å². The van der Waals surface area contributed by atoms with Crippen LogP contribution in [0.2, 0.25) is 0 Å². The zero-order chi connectivity index (χ0) is 10.8. The van der Waals surface area contributed by atoms with Gasteiger partial charge < -0.3 is 37.2 Å². The number of allylic oxidation sites excluding steroid dienone is 4. The number of hydrogen-bond donors (Lipinski definition) is 0. The summed E-state index contributed by atoms with van der Waals surface area (Å²) in [6.45, 7) is 4.41. The molecule has 0 heterocycles. The smallest absolute Gasteiger partial charge is 1.00 e. The van der Waals surface area contributed by atoms with Crippen LogP contribution in [0.4, 0.5) is 0 Å². The Hall–Kier alpha value is 0.284.